The van der Waals surface area contributed by atoms with Crippen molar-refractivity contribution < 1.29 is 14.3 Å². The Labute approximate surface area is 151 Å². The van der Waals surface area contributed by atoms with Crippen LogP contribution in [-0.2, 0) is 4.79 Å². The van der Waals surface area contributed by atoms with Crippen LogP contribution in [-0.4, -0.2) is 25.0 Å². The first kappa shape index (κ1) is 18.6. The second kappa shape index (κ2) is 9.51. The Morgan fingerprint density at radius 3 is 2.69 bits per heavy atom. The molecule has 0 atom stereocenters. The summed E-state index contributed by atoms with van der Waals surface area (Å²) in [6, 6.07) is 15.4. The zero-order valence-electron chi connectivity index (χ0n) is 14.2. The number of carbonyl (C=O) groups excluding carboxylic acids is 2. The molecule has 2 N–H and O–H groups in total. The second-order valence-corrected chi connectivity index (χ2v) is 5.23. The van der Waals surface area contributed by atoms with Crippen molar-refractivity contribution in [3.8, 4) is 23.7 Å². The molecule has 0 spiro atoms. The van der Waals surface area contributed by atoms with E-state index in [9.17, 15) is 9.59 Å². The average molecular weight is 347 g/mol. The molecule has 0 radical (unpaired) electrons. The van der Waals surface area contributed by atoms with E-state index < -0.39 is 0 Å². The molecule has 0 saturated carbocycles. The van der Waals surface area contributed by atoms with E-state index in [1.807, 2.05) is 6.07 Å². The van der Waals surface area contributed by atoms with Crippen LogP contribution in [0.3, 0.4) is 0 Å². The monoisotopic (exact) mass is 347 g/mol. The number of anilines is 1. The van der Waals surface area contributed by atoms with Crippen LogP contribution in [0.15, 0.2) is 48.5 Å². The summed E-state index contributed by atoms with van der Waals surface area (Å²) in [5.41, 5.74) is 1.49. The molecule has 0 heterocycles. The van der Waals surface area contributed by atoms with E-state index in [1.165, 1.54) is 13.0 Å². The van der Waals surface area contributed by atoms with Crippen LogP contribution in [0.4, 0.5) is 5.69 Å². The summed E-state index contributed by atoms with van der Waals surface area (Å²) >= 11 is 0. The van der Waals surface area contributed by atoms with Crippen molar-refractivity contribution in [2.24, 2.45) is 0 Å². The molecule has 0 unspecified atom stereocenters. The van der Waals surface area contributed by atoms with Crippen LogP contribution < -0.4 is 15.4 Å². The number of carbonyl (C=O) groups is 2. The van der Waals surface area contributed by atoms with E-state index in [2.05, 4.69) is 22.5 Å². The number of benzene rings is 2. The van der Waals surface area contributed by atoms with E-state index in [-0.39, 0.29) is 25.0 Å². The first-order valence-corrected chi connectivity index (χ1v) is 7.83. The van der Waals surface area contributed by atoms with Crippen LogP contribution in [0.2, 0.25) is 0 Å². The first-order valence-electron chi connectivity index (χ1n) is 7.83. The van der Waals surface area contributed by atoms with Gasteiger partial charge in [0.15, 0.2) is 0 Å². The van der Waals surface area contributed by atoms with E-state index in [1.54, 1.807) is 42.5 Å². The van der Waals surface area contributed by atoms with Gasteiger partial charge in [-0.15, -0.1) is 0 Å². The summed E-state index contributed by atoms with van der Waals surface area (Å²) in [6.07, 6.45) is 0. The van der Waals surface area contributed by atoms with Gasteiger partial charge >= 0.3 is 0 Å². The summed E-state index contributed by atoms with van der Waals surface area (Å²) in [4.78, 5) is 23.0. The lowest BCUT2D eigenvalue weighted by molar-refractivity contribution is -0.114. The Morgan fingerprint density at radius 1 is 1.12 bits per heavy atom. The van der Waals surface area contributed by atoms with Crippen molar-refractivity contribution in [3.05, 3.63) is 59.7 Å². The van der Waals surface area contributed by atoms with E-state index in [0.29, 0.717) is 22.6 Å². The van der Waals surface area contributed by atoms with Crippen molar-refractivity contribution in [2.45, 2.75) is 6.92 Å². The maximum Gasteiger partial charge on any atom is 0.252 e. The minimum absolute atomic E-state index is 0.155. The van der Waals surface area contributed by atoms with Crippen LogP contribution in [0, 0.1) is 23.2 Å². The number of hydrogen-bond donors (Lipinski definition) is 2. The van der Waals surface area contributed by atoms with Gasteiger partial charge in [0.25, 0.3) is 5.91 Å². The highest BCUT2D eigenvalue weighted by atomic mass is 16.5. The molecule has 0 saturated heterocycles. The van der Waals surface area contributed by atoms with Crippen LogP contribution in [0.25, 0.3) is 0 Å². The van der Waals surface area contributed by atoms with Gasteiger partial charge in [0, 0.05) is 24.2 Å². The van der Waals surface area contributed by atoms with Crippen LogP contribution in [0.5, 0.6) is 5.75 Å². The smallest absolute Gasteiger partial charge is 0.252 e. The molecular formula is C20H17N3O3. The molecule has 0 aliphatic carbocycles. The number of amides is 2. The van der Waals surface area contributed by atoms with Gasteiger partial charge in [0.2, 0.25) is 5.91 Å². The molecule has 6 nitrogen and oxygen atoms in total. The molecule has 130 valence electrons. The summed E-state index contributed by atoms with van der Waals surface area (Å²) in [7, 11) is 0. The van der Waals surface area contributed by atoms with Gasteiger partial charge in [-0.2, -0.15) is 5.26 Å². The van der Waals surface area contributed by atoms with Gasteiger partial charge in [-0.25, -0.2) is 0 Å². The highest BCUT2D eigenvalue weighted by Crippen LogP contribution is 2.16. The van der Waals surface area contributed by atoms with Crippen molar-refractivity contribution in [1.82, 2.24) is 5.32 Å². The number of nitrogens with one attached hydrogen (secondary N) is 2. The van der Waals surface area contributed by atoms with Gasteiger partial charge < -0.3 is 15.4 Å². The SMILES string of the molecule is CC(=O)Nc1cccc(OCC#CCNC(=O)c2cccc(C#N)c2)c1. The molecule has 2 amide bonds. The summed E-state index contributed by atoms with van der Waals surface area (Å²) in [6.45, 7) is 1.76. The standard InChI is InChI=1S/C20H17N3O3/c1-15(24)23-18-8-5-9-19(13-18)26-11-3-2-10-22-20(25)17-7-4-6-16(12-17)14-21/h4-9,12-13H,10-11H2,1H3,(H,22,25)(H,23,24). The van der Waals surface area contributed by atoms with E-state index >= 15 is 0 Å². The Hall–Kier alpha value is -3.77. The van der Waals surface area contributed by atoms with E-state index in [4.69, 9.17) is 10.00 Å². The third kappa shape index (κ3) is 6.03. The van der Waals surface area contributed by atoms with Gasteiger partial charge in [-0.05, 0) is 30.3 Å². The largest absolute Gasteiger partial charge is 0.481 e. The molecular weight excluding hydrogens is 330 g/mol. The Balaban J connectivity index is 1.78. The molecule has 2 aromatic rings. The summed E-state index contributed by atoms with van der Waals surface area (Å²) in [5.74, 6) is 5.73. The quantitative estimate of drug-likeness (QED) is 0.812. The van der Waals surface area contributed by atoms with Gasteiger partial charge in [0.05, 0.1) is 18.2 Å². The highest BCUT2D eigenvalue weighted by molar-refractivity contribution is 5.94. The lowest BCUT2D eigenvalue weighted by Crippen LogP contribution is -2.23. The third-order valence-electron chi connectivity index (χ3n) is 3.18. The fraction of sp³-hybridized carbons (Fsp3) is 0.150. The number of rotatable bonds is 5. The lowest BCUT2D eigenvalue weighted by Gasteiger charge is -2.05. The molecule has 0 bridgehead atoms. The maximum absolute atomic E-state index is 11.9. The summed E-state index contributed by atoms with van der Waals surface area (Å²) < 4.78 is 5.48. The molecule has 26 heavy (non-hydrogen) atoms. The number of ether oxygens (including phenoxy) is 1. The minimum atomic E-state index is -0.291. The number of nitrogens with zero attached hydrogens (tertiary/aromatic N) is 1. The molecule has 0 aliphatic rings. The van der Waals surface area contributed by atoms with Crippen LogP contribution in [0.1, 0.15) is 22.8 Å². The third-order valence-corrected chi connectivity index (χ3v) is 3.18. The zero-order chi connectivity index (χ0) is 18.8. The average Bonchev–Trinajstić information content (AvgIpc) is 2.64. The fourth-order valence-corrected chi connectivity index (χ4v) is 2.06. The minimum Gasteiger partial charge on any atom is -0.481 e. The Morgan fingerprint density at radius 2 is 1.92 bits per heavy atom. The van der Waals surface area contributed by atoms with Crippen molar-refractivity contribution in [1.29, 1.82) is 5.26 Å². The van der Waals surface area contributed by atoms with E-state index in [0.717, 1.165) is 0 Å². The van der Waals surface area contributed by atoms with Crippen molar-refractivity contribution in [2.75, 3.05) is 18.5 Å². The van der Waals surface area contributed by atoms with Crippen molar-refractivity contribution in [3.63, 3.8) is 0 Å². The number of hydrogen-bond acceptors (Lipinski definition) is 4. The van der Waals surface area contributed by atoms with Gasteiger partial charge in [-0.1, -0.05) is 24.0 Å². The maximum atomic E-state index is 11.9. The lowest BCUT2D eigenvalue weighted by atomic mass is 10.1. The van der Waals surface area contributed by atoms with Crippen molar-refractivity contribution >= 4 is 17.5 Å². The molecule has 0 fully saturated rings. The molecule has 0 aliphatic heterocycles. The summed E-state index contributed by atoms with van der Waals surface area (Å²) in [5, 5.41) is 14.2. The molecule has 2 aromatic carbocycles. The predicted molar refractivity (Wildman–Crippen MR) is 97.5 cm³/mol. The normalized spacial score (nSPS) is 9.23. The molecule has 0 aromatic heterocycles. The first-order chi connectivity index (χ1) is 12.6. The zero-order valence-corrected chi connectivity index (χ0v) is 14.2. The van der Waals surface area contributed by atoms with Gasteiger partial charge in [0.1, 0.15) is 12.4 Å². The van der Waals surface area contributed by atoms with Gasteiger partial charge in [-0.3, -0.25) is 9.59 Å². The van der Waals surface area contributed by atoms with Crippen LogP contribution >= 0.6 is 0 Å². The number of nitriles is 1. The Bertz CT molecular complexity index is 904. The highest BCUT2D eigenvalue weighted by Gasteiger charge is 2.04. The fourth-order valence-electron chi connectivity index (χ4n) is 2.06. The Kier molecular flexibility index (Phi) is 6.79. The molecule has 2 rings (SSSR count). The topological polar surface area (TPSA) is 91.2 Å². The molecule has 6 heteroatoms. The second-order valence-electron chi connectivity index (χ2n) is 5.23. The predicted octanol–water partition coefficient (Wildman–Crippen LogP) is 2.33.